The Kier molecular flexibility index (Phi) is 10.2. The molecular weight excluding hydrogens is 536 g/mol. The Balaban J connectivity index is 0.000000137. The summed E-state index contributed by atoms with van der Waals surface area (Å²) in [6.45, 7) is 27.5. The summed E-state index contributed by atoms with van der Waals surface area (Å²) in [5.41, 5.74) is 13.2. The molecule has 0 saturated carbocycles. The summed E-state index contributed by atoms with van der Waals surface area (Å²) >= 11 is 0. The molecule has 7 rings (SSSR count). The molecule has 1 aliphatic heterocycles. The number of hydrogen-bond donors (Lipinski definition) is 0. The first kappa shape index (κ1) is 34.3. The topological polar surface area (TPSA) is 21.8 Å². The smallest absolute Gasteiger partial charge is 0.120 e. The molecule has 3 aliphatic carbocycles. The Morgan fingerprint density at radius 1 is 0.568 bits per heavy atom. The molecule has 0 N–H and O–H groups in total. The van der Waals surface area contributed by atoms with Crippen LogP contribution < -0.4 is 4.74 Å². The molecule has 1 fully saturated rings. The molecule has 1 heterocycles. The average Bonchev–Trinajstić information content (AvgIpc) is 3.67. The molecule has 2 heteroatoms. The van der Waals surface area contributed by atoms with Gasteiger partial charge in [-0.15, -0.1) is 0 Å². The van der Waals surface area contributed by atoms with Crippen molar-refractivity contribution in [3.05, 3.63) is 99.1 Å². The zero-order valence-corrected chi connectivity index (χ0v) is 30.0. The Hall–Kier alpha value is -2.58. The summed E-state index contributed by atoms with van der Waals surface area (Å²) in [4.78, 5) is 0. The van der Waals surface area contributed by atoms with Crippen molar-refractivity contribution in [3.8, 4) is 5.75 Å². The highest BCUT2D eigenvalue weighted by Gasteiger charge is 2.35. The van der Waals surface area contributed by atoms with Gasteiger partial charge in [0.2, 0.25) is 0 Å². The maximum Gasteiger partial charge on any atom is 0.120 e. The molecule has 1 atom stereocenters. The van der Waals surface area contributed by atoms with Gasteiger partial charge in [-0.3, -0.25) is 0 Å². The highest BCUT2D eigenvalue weighted by Crippen LogP contribution is 2.34. The maximum absolute atomic E-state index is 5.77. The lowest BCUT2D eigenvalue weighted by Crippen LogP contribution is -2.23. The van der Waals surface area contributed by atoms with Crippen molar-refractivity contribution < 1.29 is 9.47 Å². The van der Waals surface area contributed by atoms with Crippen molar-refractivity contribution in [1.29, 1.82) is 0 Å². The highest BCUT2D eigenvalue weighted by molar-refractivity contribution is 5.45. The summed E-state index contributed by atoms with van der Waals surface area (Å²) in [5, 5.41) is 0. The third kappa shape index (κ3) is 9.46. The fourth-order valence-corrected chi connectivity index (χ4v) is 5.75. The van der Waals surface area contributed by atoms with E-state index in [9.17, 15) is 0 Å². The predicted octanol–water partition coefficient (Wildman–Crippen LogP) is 10.6. The molecule has 1 saturated heterocycles. The van der Waals surface area contributed by atoms with Gasteiger partial charge in [0.15, 0.2) is 0 Å². The second kappa shape index (κ2) is 13.0. The van der Waals surface area contributed by atoms with Crippen molar-refractivity contribution in [1.82, 2.24) is 0 Å². The van der Waals surface area contributed by atoms with Gasteiger partial charge in [-0.05, 0) is 132 Å². The van der Waals surface area contributed by atoms with E-state index in [1.54, 1.807) is 27.8 Å². The van der Waals surface area contributed by atoms with Crippen LogP contribution in [0.2, 0.25) is 0 Å². The summed E-state index contributed by atoms with van der Waals surface area (Å²) in [7, 11) is 0. The fraction of sp³-hybridized carbons (Fsp3) is 0.571. The first-order valence-corrected chi connectivity index (χ1v) is 17.0. The van der Waals surface area contributed by atoms with Gasteiger partial charge in [-0.2, -0.15) is 0 Å². The quantitative estimate of drug-likeness (QED) is 0.261. The standard InChI is InChI=1S/C12H16O.2C12H16.C6H12O/c1-12(2,3)13-11-7-6-9-4-5-10(9)8-11;1-12(2,3)11-7-6-9-4-5-10(9)8-11;1-12(2,3)11-6-4-5-9-7-8-10(9)11;1-6(2,3)5-4-7-5/h6-8H,4-5H2,1-3H3;6-8H,4-5H2,1-3H3;4-6H,7-8H2,1-3H3;5H,4H2,1-3H3. The monoisotopic (exact) mass is 596 g/mol. The molecule has 0 bridgehead atoms. The Morgan fingerprint density at radius 3 is 1.45 bits per heavy atom. The molecule has 1 unspecified atom stereocenters. The molecule has 44 heavy (non-hydrogen) atoms. The van der Waals surface area contributed by atoms with Crippen LogP contribution in [0.1, 0.15) is 128 Å². The number of fused-ring (bicyclic) bond motifs is 3. The van der Waals surface area contributed by atoms with E-state index in [1.807, 2.05) is 0 Å². The number of hydrogen-bond acceptors (Lipinski definition) is 2. The van der Waals surface area contributed by atoms with E-state index in [4.69, 9.17) is 9.47 Å². The zero-order valence-electron chi connectivity index (χ0n) is 30.0. The highest BCUT2D eigenvalue weighted by atomic mass is 16.6. The number of epoxide rings is 1. The van der Waals surface area contributed by atoms with Crippen LogP contribution in [0.15, 0.2) is 54.6 Å². The summed E-state index contributed by atoms with van der Waals surface area (Å²) in [6, 6.07) is 20.1. The van der Waals surface area contributed by atoms with Crippen LogP contribution in [-0.4, -0.2) is 18.3 Å². The van der Waals surface area contributed by atoms with Crippen LogP contribution in [0.5, 0.6) is 5.75 Å². The van der Waals surface area contributed by atoms with Crippen LogP contribution >= 0.6 is 0 Å². The third-order valence-corrected chi connectivity index (χ3v) is 9.03. The van der Waals surface area contributed by atoms with Gasteiger partial charge in [0.05, 0.1) is 12.7 Å². The third-order valence-electron chi connectivity index (χ3n) is 9.03. The lowest BCUT2D eigenvalue weighted by atomic mass is 9.75. The SMILES string of the molecule is CC(C)(C)C1CO1.CC(C)(C)Oc1ccc2c(c1)CC2.CC(C)(C)c1ccc2c(c1)CC2.CC(C)(C)c1cccc2c1CC2. The van der Waals surface area contributed by atoms with E-state index >= 15 is 0 Å². The lowest BCUT2D eigenvalue weighted by molar-refractivity contribution is 0.130. The van der Waals surface area contributed by atoms with Crippen molar-refractivity contribution in [2.75, 3.05) is 6.61 Å². The van der Waals surface area contributed by atoms with Crippen molar-refractivity contribution in [3.63, 3.8) is 0 Å². The van der Waals surface area contributed by atoms with E-state index in [1.165, 1.54) is 55.2 Å². The summed E-state index contributed by atoms with van der Waals surface area (Å²) in [5.74, 6) is 1.01. The van der Waals surface area contributed by atoms with E-state index in [2.05, 4.69) is 138 Å². The molecule has 0 aromatic heterocycles. The first-order valence-electron chi connectivity index (χ1n) is 17.0. The van der Waals surface area contributed by atoms with E-state index < -0.39 is 0 Å². The molecule has 2 nitrogen and oxygen atoms in total. The second-order valence-electron chi connectivity index (χ2n) is 17.3. The van der Waals surface area contributed by atoms with Gasteiger partial charge in [0, 0.05) is 0 Å². The van der Waals surface area contributed by atoms with Crippen molar-refractivity contribution in [2.24, 2.45) is 5.41 Å². The zero-order chi connectivity index (χ0) is 32.5. The minimum Gasteiger partial charge on any atom is -0.488 e. The largest absolute Gasteiger partial charge is 0.488 e. The van der Waals surface area contributed by atoms with Crippen LogP contribution in [0.3, 0.4) is 0 Å². The minimum absolute atomic E-state index is 0.0853. The molecule has 240 valence electrons. The number of benzene rings is 3. The van der Waals surface area contributed by atoms with Gasteiger partial charge in [-0.1, -0.05) is 105 Å². The number of rotatable bonds is 1. The average molecular weight is 597 g/mol. The molecule has 3 aromatic rings. The van der Waals surface area contributed by atoms with Crippen LogP contribution in [0.4, 0.5) is 0 Å². The van der Waals surface area contributed by atoms with Crippen molar-refractivity contribution in [2.45, 2.75) is 144 Å². The minimum atomic E-state index is -0.0853. The van der Waals surface area contributed by atoms with Crippen LogP contribution in [0, 0.1) is 5.41 Å². The molecule has 0 radical (unpaired) electrons. The van der Waals surface area contributed by atoms with Gasteiger partial charge in [0.1, 0.15) is 11.4 Å². The second-order valence-corrected chi connectivity index (χ2v) is 17.3. The molecular formula is C42H60O2. The van der Waals surface area contributed by atoms with Gasteiger partial charge < -0.3 is 9.47 Å². The molecule has 4 aliphatic rings. The lowest BCUT2D eigenvalue weighted by Gasteiger charge is -2.29. The van der Waals surface area contributed by atoms with E-state index in [0.29, 0.717) is 22.3 Å². The summed E-state index contributed by atoms with van der Waals surface area (Å²) in [6.07, 6.45) is 8.18. The van der Waals surface area contributed by atoms with Crippen LogP contribution in [-0.2, 0) is 54.1 Å². The Labute approximate surface area is 270 Å². The fourth-order valence-electron chi connectivity index (χ4n) is 5.75. The van der Waals surface area contributed by atoms with Crippen molar-refractivity contribution >= 4 is 0 Å². The molecule has 3 aromatic carbocycles. The first-order chi connectivity index (χ1) is 20.3. The maximum atomic E-state index is 5.77. The number of ether oxygens (including phenoxy) is 2. The Bertz CT molecular complexity index is 1410. The van der Waals surface area contributed by atoms with Gasteiger partial charge in [-0.25, -0.2) is 0 Å². The molecule has 0 amide bonds. The normalized spacial score (nSPS) is 17.5. The van der Waals surface area contributed by atoms with E-state index in [-0.39, 0.29) is 5.60 Å². The summed E-state index contributed by atoms with van der Waals surface area (Å²) < 4.78 is 10.8. The van der Waals surface area contributed by atoms with Crippen LogP contribution in [0.25, 0.3) is 0 Å². The van der Waals surface area contributed by atoms with E-state index in [0.717, 1.165) is 12.4 Å². The predicted molar refractivity (Wildman–Crippen MR) is 189 cm³/mol. The van der Waals surface area contributed by atoms with Gasteiger partial charge >= 0.3 is 0 Å². The molecule has 0 spiro atoms. The Morgan fingerprint density at radius 2 is 1.11 bits per heavy atom. The number of aryl methyl sites for hydroxylation is 5. The van der Waals surface area contributed by atoms with Gasteiger partial charge in [0.25, 0.3) is 0 Å².